The van der Waals surface area contributed by atoms with Crippen molar-refractivity contribution in [3.63, 3.8) is 0 Å². The minimum Gasteiger partial charge on any atom is -0.465 e. The highest BCUT2D eigenvalue weighted by molar-refractivity contribution is 7.92. The van der Waals surface area contributed by atoms with Crippen LogP contribution in [0.5, 0.6) is 0 Å². The van der Waals surface area contributed by atoms with E-state index in [4.69, 9.17) is 0 Å². The summed E-state index contributed by atoms with van der Waals surface area (Å²) >= 11 is 0. The summed E-state index contributed by atoms with van der Waals surface area (Å²) in [5, 5.41) is 2.71. The van der Waals surface area contributed by atoms with E-state index in [-0.39, 0.29) is 5.91 Å². The van der Waals surface area contributed by atoms with Crippen LogP contribution in [0.1, 0.15) is 26.3 Å². The molecule has 0 radical (unpaired) electrons. The molecule has 0 heterocycles. The predicted molar refractivity (Wildman–Crippen MR) is 100 cm³/mol. The van der Waals surface area contributed by atoms with Crippen molar-refractivity contribution < 1.29 is 22.7 Å². The fraction of sp³-hybridized carbons (Fsp3) is 0.222. The fourth-order valence-electron chi connectivity index (χ4n) is 2.28. The highest BCUT2D eigenvalue weighted by Gasteiger charge is 2.17. The maximum Gasteiger partial charge on any atom is 0.337 e. The van der Waals surface area contributed by atoms with Crippen molar-refractivity contribution in [2.75, 3.05) is 30.0 Å². The lowest BCUT2D eigenvalue weighted by Gasteiger charge is -2.19. The smallest absolute Gasteiger partial charge is 0.337 e. The SMILES string of the molecule is COC(=O)c1ccc(NC(=O)c2ccc(C)c(N(C)S(C)(=O)=O)c2)cc1. The number of methoxy groups -OCH3 is 1. The molecule has 1 N–H and O–H groups in total. The Bertz CT molecular complexity index is 937. The molecule has 138 valence electrons. The highest BCUT2D eigenvalue weighted by atomic mass is 32.2. The zero-order chi connectivity index (χ0) is 19.5. The number of aryl methyl sites for hydroxylation is 1. The number of rotatable bonds is 5. The van der Waals surface area contributed by atoms with E-state index in [0.717, 1.165) is 16.1 Å². The minimum atomic E-state index is -3.44. The Morgan fingerprint density at radius 3 is 2.15 bits per heavy atom. The van der Waals surface area contributed by atoms with Crippen LogP contribution in [0.15, 0.2) is 42.5 Å². The van der Waals surface area contributed by atoms with Crippen LogP contribution in [0.4, 0.5) is 11.4 Å². The molecule has 0 aliphatic rings. The molecule has 0 saturated carbocycles. The molecule has 0 aromatic heterocycles. The third-order valence-corrected chi connectivity index (χ3v) is 5.06. The van der Waals surface area contributed by atoms with Gasteiger partial charge in [0.1, 0.15) is 0 Å². The van der Waals surface area contributed by atoms with Crippen molar-refractivity contribution in [2.45, 2.75) is 6.92 Å². The summed E-state index contributed by atoms with van der Waals surface area (Å²) in [5.41, 5.74) is 2.36. The molecule has 2 rings (SSSR count). The van der Waals surface area contributed by atoms with Crippen molar-refractivity contribution >= 4 is 33.3 Å². The van der Waals surface area contributed by atoms with Gasteiger partial charge in [0.25, 0.3) is 5.91 Å². The van der Waals surface area contributed by atoms with Gasteiger partial charge in [-0.1, -0.05) is 6.07 Å². The maximum atomic E-state index is 12.5. The highest BCUT2D eigenvalue weighted by Crippen LogP contribution is 2.23. The van der Waals surface area contributed by atoms with E-state index in [9.17, 15) is 18.0 Å². The Hall–Kier alpha value is -2.87. The van der Waals surface area contributed by atoms with Gasteiger partial charge in [0, 0.05) is 18.3 Å². The van der Waals surface area contributed by atoms with Crippen LogP contribution in [0.3, 0.4) is 0 Å². The van der Waals surface area contributed by atoms with E-state index >= 15 is 0 Å². The van der Waals surface area contributed by atoms with Crippen molar-refractivity contribution in [3.8, 4) is 0 Å². The summed E-state index contributed by atoms with van der Waals surface area (Å²) in [7, 11) is -0.710. The molecular formula is C18H20N2O5S. The zero-order valence-electron chi connectivity index (χ0n) is 14.9. The van der Waals surface area contributed by atoms with Gasteiger partial charge < -0.3 is 10.1 Å². The molecular weight excluding hydrogens is 356 g/mol. The monoisotopic (exact) mass is 376 g/mol. The summed E-state index contributed by atoms with van der Waals surface area (Å²) in [6.45, 7) is 1.77. The Labute approximate surface area is 152 Å². The Morgan fingerprint density at radius 1 is 1.04 bits per heavy atom. The standard InChI is InChI=1S/C18H20N2O5S/c1-12-5-6-14(11-16(12)20(2)26(4,23)24)17(21)19-15-9-7-13(8-10-15)18(22)25-3/h5-11H,1-4H3,(H,19,21). The van der Waals surface area contributed by atoms with Crippen LogP contribution in [0.2, 0.25) is 0 Å². The van der Waals surface area contributed by atoms with Gasteiger partial charge in [0.2, 0.25) is 10.0 Å². The van der Waals surface area contributed by atoms with E-state index in [1.165, 1.54) is 20.2 Å². The second-order valence-corrected chi connectivity index (χ2v) is 7.77. The summed E-state index contributed by atoms with van der Waals surface area (Å²) in [5.74, 6) is -0.853. The lowest BCUT2D eigenvalue weighted by Crippen LogP contribution is -2.26. The molecule has 0 bridgehead atoms. The molecule has 26 heavy (non-hydrogen) atoms. The zero-order valence-corrected chi connectivity index (χ0v) is 15.8. The molecule has 8 heteroatoms. The van der Waals surface area contributed by atoms with Crippen LogP contribution in [-0.2, 0) is 14.8 Å². The average molecular weight is 376 g/mol. The van der Waals surface area contributed by atoms with Crippen LogP contribution in [0.25, 0.3) is 0 Å². The van der Waals surface area contributed by atoms with Gasteiger partial charge in [-0.15, -0.1) is 0 Å². The van der Waals surface area contributed by atoms with E-state index in [0.29, 0.717) is 22.5 Å². The Balaban J connectivity index is 2.23. The quantitative estimate of drug-likeness (QED) is 0.809. The van der Waals surface area contributed by atoms with Crippen LogP contribution < -0.4 is 9.62 Å². The van der Waals surface area contributed by atoms with E-state index in [1.54, 1.807) is 43.3 Å². The molecule has 2 aromatic rings. The van der Waals surface area contributed by atoms with E-state index in [1.807, 2.05) is 0 Å². The van der Waals surface area contributed by atoms with Gasteiger partial charge in [-0.2, -0.15) is 0 Å². The normalized spacial score (nSPS) is 10.9. The lowest BCUT2D eigenvalue weighted by molar-refractivity contribution is 0.0600. The van der Waals surface area contributed by atoms with Crippen molar-refractivity contribution in [3.05, 3.63) is 59.2 Å². The lowest BCUT2D eigenvalue weighted by atomic mass is 10.1. The van der Waals surface area contributed by atoms with Gasteiger partial charge in [-0.3, -0.25) is 9.10 Å². The number of nitrogens with zero attached hydrogens (tertiary/aromatic N) is 1. The van der Waals surface area contributed by atoms with Crippen LogP contribution >= 0.6 is 0 Å². The van der Waals surface area contributed by atoms with E-state index < -0.39 is 16.0 Å². The second kappa shape index (κ2) is 7.57. The van der Waals surface area contributed by atoms with Gasteiger partial charge in [-0.05, 0) is 48.9 Å². The third-order valence-electron chi connectivity index (χ3n) is 3.87. The first-order chi connectivity index (χ1) is 12.1. The number of esters is 1. The molecule has 7 nitrogen and oxygen atoms in total. The predicted octanol–water partition coefficient (Wildman–Crippen LogP) is 2.43. The largest absolute Gasteiger partial charge is 0.465 e. The number of anilines is 2. The number of carbonyl (C=O) groups excluding carboxylic acids is 2. The van der Waals surface area contributed by atoms with Crippen molar-refractivity contribution in [2.24, 2.45) is 0 Å². The summed E-state index contributed by atoms with van der Waals surface area (Å²) in [4.78, 5) is 23.9. The van der Waals surface area contributed by atoms with Gasteiger partial charge in [0.05, 0.1) is 24.6 Å². The minimum absolute atomic E-state index is 0.318. The molecule has 2 aromatic carbocycles. The molecule has 0 aliphatic carbocycles. The number of hydrogen-bond acceptors (Lipinski definition) is 5. The molecule has 0 fully saturated rings. The first-order valence-electron chi connectivity index (χ1n) is 7.67. The maximum absolute atomic E-state index is 12.5. The number of hydrogen-bond donors (Lipinski definition) is 1. The van der Waals surface area contributed by atoms with Gasteiger partial charge in [-0.25, -0.2) is 13.2 Å². The topological polar surface area (TPSA) is 92.8 Å². The van der Waals surface area contributed by atoms with Crippen LogP contribution in [0, 0.1) is 6.92 Å². The number of carbonyl (C=O) groups is 2. The summed E-state index contributed by atoms with van der Waals surface area (Å²) in [6.07, 6.45) is 1.10. The number of benzene rings is 2. The Kier molecular flexibility index (Phi) is 5.66. The van der Waals surface area contributed by atoms with E-state index in [2.05, 4.69) is 10.1 Å². The summed E-state index contributed by atoms with van der Waals surface area (Å²) in [6, 6.07) is 11.1. The number of sulfonamides is 1. The molecule has 1 amide bonds. The number of ether oxygens (including phenoxy) is 1. The van der Waals surface area contributed by atoms with Crippen LogP contribution in [-0.4, -0.2) is 40.7 Å². The average Bonchev–Trinajstić information content (AvgIpc) is 2.60. The third kappa shape index (κ3) is 4.40. The molecule has 0 atom stereocenters. The van der Waals surface area contributed by atoms with Gasteiger partial charge in [0.15, 0.2) is 0 Å². The van der Waals surface area contributed by atoms with Crippen molar-refractivity contribution in [1.29, 1.82) is 0 Å². The molecule has 0 aliphatic heterocycles. The summed E-state index contributed by atoms with van der Waals surface area (Å²) < 4.78 is 29.3. The second-order valence-electron chi connectivity index (χ2n) is 5.75. The first kappa shape index (κ1) is 19.5. The number of nitrogens with one attached hydrogen (secondary N) is 1. The Morgan fingerprint density at radius 2 is 1.62 bits per heavy atom. The molecule has 0 unspecified atom stereocenters. The molecule has 0 spiro atoms. The fourth-order valence-corrected chi connectivity index (χ4v) is 2.83. The molecule has 0 saturated heterocycles. The van der Waals surface area contributed by atoms with Gasteiger partial charge >= 0.3 is 5.97 Å². The first-order valence-corrected chi connectivity index (χ1v) is 9.52. The van der Waals surface area contributed by atoms with Crippen molar-refractivity contribution in [1.82, 2.24) is 0 Å². The number of amides is 1.